The van der Waals surface area contributed by atoms with Gasteiger partial charge in [-0.15, -0.1) is 0 Å². The third kappa shape index (κ3) is 4.84. The van der Waals surface area contributed by atoms with Crippen molar-refractivity contribution in [2.75, 3.05) is 25.5 Å². The van der Waals surface area contributed by atoms with Crippen LogP contribution in [0.5, 0.6) is 5.88 Å². The van der Waals surface area contributed by atoms with Crippen LogP contribution in [0, 0.1) is 0 Å². The minimum atomic E-state index is -0.397. The Morgan fingerprint density at radius 3 is 2.40 bits per heavy atom. The summed E-state index contributed by atoms with van der Waals surface area (Å²) in [6, 6.07) is 8.10. The SMILES string of the molecule is CCN(CC(=O)Nc1c(Cl)cccc1Cl)C(=O)c1ccc(OC)nc1. The Bertz CT molecular complexity index is 746. The number of ether oxygens (including phenoxy) is 1. The number of amides is 2. The van der Waals surface area contributed by atoms with Crippen LogP contribution in [0.25, 0.3) is 0 Å². The summed E-state index contributed by atoms with van der Waals surface area (Å²) in [7, 11) is 1.49. The quantitative estimate of drug-likeness (QED) is 0.830. The summed E-state index contributed by atoms with van der Waals surface area (Å²) < 4.78 is 4.96. The molecule has 0 saturated carbocycles. The minimum absolute atomic E-state index is 0.136. The summed E-state index contributed by atoms with van der Waals surface area (Å²) in [5.41, 5.74) is 0.691. The van der Waals surface area contributed by atoms with Gasteiger partial charge in [0.15, 0.2) is 0 Å². The number of benzene rings is 1. The molecule has 132 valence electrons. The molecule has 1 heterocycles. The van der Waals surface area contributed by atoms with Gasteiger partial charge in [-0.05, 0) is 25.1 Å². The van der Waals surface area contributed by atoms with Crippen molar-refractivity contribution >= 4 is 40.7 Å². The highest BCUT2D eigenvalue weighted by Crippen LogP contribution is 2.29. The largest absolute Gasteiger partial charge is 0.481 e. The van der Waals surface area contributed by atoms with E-state index in [0.29, 0.717) is 33.7 Å². The Labute approximate surface area is 155 Å². The number of aromatic nitrogens is 1. The zero-order chi connectivity index (χ0) is 18.4. The van der Waals surface area contributed by atoms with Gasteiger partial charge in [-0.1, -0.05) is 29.3 Å². The number of pyridine rings is 1. The van der Waals surface area contributed by atoms with Crippen LogP contribution in [0.4, 0.5) is 5.69 Å². The number of carbonyl (C=O) groups excluding carboxylic acids is 2. The van der Waals surface area contributed by atoms with E-state index in [1.54, 1.807) is 37.3 Å². The number of halogens is 2. The molecule has 2 aromatic rings. The third-order valence-electron chi connectivity index (χ3n) is 3.42. The number of para-hydroxylation sites is 1. The van der Waals surface area contributed by atoms with Crippen molar-refractivity contribution in [2.24, 2.45) is 0 Å². The molecule has 0 aliphatic heterocycles. The second-order valence-electron chi connectivity index (χ2n) is 5.05. The normalized spacial score (nSPS) is 10.2. The topological polar surface area (TPSA) is 71.5 Å². The highest BCUT2D eigenvalue weighted by Gasteiger charge is 2.19. The van der Waals surface area contributed by atoms with Gasteiger partial charge in [0.1, 0.15) is 6.54 Å². The molecular weight excluding hydrogens is 365 g/mol. The van der Waals surface area contributed by atoms with Crippen molar-refractivity contribution in [3.05, 3.63) is 52.1 Å². The number of anilines is 1. The Morgan fingerprint density at radius 2 is 1.88 bits per heavy atom. The molecule has 0 atom stereocenters. The highest BCUT2D eigenvalue weighted by molar-refractivity contribution is 6.39. The fourth-order valence-corrected chi connectivity index (χ4v) is 2.60. The molecule has 0 saturated heterocycles. The first-order chi connectivity index (χ1) is 12.0. The molecule has 2 amide bonds. The van der Waals surface area contributed by atoms with Crippen LogP contribution in [0.2, 0.25) is 10.0 Å². The lowest BCUT2D eigenvalue weighted by Gasteiger charge is -2.20. The first-order valence-electron chi connectivity index (χ1n) is 7.49. The first kappa shape index (κ1) is 19.0. The van der Waals surface area contributed by atoms with Crippen LogP contribution in [-0.2, 0) is 4.79 Å². The van der Waals surface area contributed by atoms with Crippen LogP contribution in [-0.4, -0.2) is 41.9 Å². The van der Waals surface area contributed by atoms with Crippen molar-refractivity contribution in [2.45, 2.75) is 6.92 Å². The van der Waals surface area contributed by atoms with E-state index in [1.807, 2.05) is 0 Å². The van der Waals surface area contributed by atoms with Gasteiger partial charge in [-0.2, -0.15) is 0 Å². The Morgan fingerprint density at radius 1 is 1.20 bits per heavy atom. The molecule has 25 heavy (non-hydrogen) atoms. The van der Waals surface area contributed by atoms with E-state index in [9.17, 15) is 9.59 Å². The maximum atomic E-state index is 12.5. The summed E-state index contributed by atoms with van der Waals surface area (Å²) in [6.07, 6.45) is 1.41. The van der Waals surface area contributed by atoms with Crippen LogP contribution < -0.4 is 10.1 Å². The summed E-state index contributed by atoms with van der Waals surface area (Å²) in [4.78, 5) is 30.2. The molecule has 6 nitrogen and oxygen atoms in total. The molecule has 1 aromatic heterocycles. The smallest absolute Gasteiger partial charge is 0.255 e. The molecule has 0 unspecified atom stereocenters. The molecule has 2 rings (SSSR count). The number of likely N-dealkylation sites (N-methyl/N-ethyl adjacent to an activating group) is 1. The molecule has 0 aliphatic rings. The van der Waals surface area contributed by atoms with Crippen molar-refractivity contribution in [3.8, 4) is 5.88 Å². The molecule has 0 spiro atoms. The van der Waals surface area contributed by atoms with Gasteiger partial charge >= 0.3 is 0 Å². The second kappa shape index (κ2) is 8.69. The second-order valence-corrected chi connectivity index (χ2v) is 5.87. The molecule has 1 N–H and O–H groups in total. The third-order valence-corrected chi connectivity index (χ3v) is 4.05. The summed E-state index contributed by atoms with van der Waals surface area (Å²) in [5, 5.41) is 3.29. The lowest BCUT2D eigenvalue weighted by Crippen LogP contribution is -2.38. The molecule has 0 bridgehead atoms. The number of rotatable bonds is 6. The zero-order valence-electron chi connectivity index (χ0n) is 13.8. The number of hydrogen-bond donors (Lipinski definition) is 1. The Hall–Kier alpha value is -2.31. The molecular formula is C17H17Cl2N3O3. The summed E-state index contributed by atoms with van der Waals surface area (Å²) >= 11 is 12.1. The molecule has 0 fully saturated rings. The monoisotopic (exact) mass is 381 g/mol. The summed E-state index contributed by atoms with van der Waals surface area (Å²) in [5.74, 6) is -0.296. The van der Waals surface area contributed by atoms with Crippen LogP contribution in [0.1, 0.15) is 17.3 Å². The van der Waals surface area contributed by atoms with Gasteiger partial charge in [0.05, 0.1) is 28.4 Å². The molecule has 1 aromatic carbocycles. The van der Waals surface area contributed by atoms with Crippen molar-refractivity contribution in [1.82, 2.24) is 9.88 Å². The Kier molecular flexibility index (Phi) is 6.61. The molecule has 0 radical (unpaired) electrons. The van der Waals surface area contributed by atoms with Gasteiger partial charge in [-0.3, -0.25) is 9.59 Å². The van der Waals surface area contributed by atoms with Crippen molar-refractivity contribution in [3.63, 3.8) is 0 Å². The van der Waals surface area contributed by atoms with Gasteiger partial charge in [0.2, 0.25) is 11.8 Å². The van der Waals surface area contributed by atoms with Gasteiger partial charge in [0.25, 0.3) is 5.91 Å². The lowest BCUT2D eigenvalue weighted by atomic mass is 10.2. The Balaban J connectivity index is 2.07. The number of nitrogens with zero attached hydrogens (tertiary/aromatic N) is 2. The van der Waals surface area contributed by atoms with E-state index < -0.39 is 5.91 Å². The lowest BCUT2D eigenvalue weighted by molar-refractivity contribution is -0.116. The van der Waals surface area contributed by atoms with Gasteiger partial charge in [-0.25, -0.2) is 4.98 Å². The maximum Gasteiger partial charge on any atom is 0.255 e. The van der Waals surface area contributed by atoms with E-state index in [4.69, 9.17) is 27.9 Å². The van der Waals surface area contributed by atoms with Crippen molar-refractivity contribution < 1.29 is 14.3 Å². The average Bonchev–Trinajstić information content (AvgIpc) is 2.62. The number of nitrogens with one attached hydrogen (secondary N) is 1. The van der Waals surface area contributed by atoms with Gasteiger partial charge < -0.3 is 15.0 Å². The fraction of sp³-hybridized carbons (Fsp3) is 0.235. The van der Waals surface area contributed by atoms with Crippen LogP contribution in [0.15, 0.2) is 36.5 Å². The van der Waals surface area contributed by atoms with E-state index >= 15 is 0 Å². The standard InChI is InChI=1S/C17H17Cl2N3O3/c1-3-22(17(24)11-7-8-15(25-2)20-9-11)10-14(23)21-16-12(18)5-4-6-13(16)19/h4-9H,3,10H2,1-2H3,(H,21,23). The first-order valence-corrected chi connectivity index (χ1v) is 8.25. The minimum Gasteiger partial charge on any atom is -0.481 e. The zero-order valence-corrected chi connectivity index (χ0v) is 15.3. The highest BCUT2D eigenvalue weighted by atomic mass is 35.5. The van der Waals surface area contributed by atoms with Gasteiger partial charge in [0, 0.05) is 18.8 Å². The van der Waals surface area contributed by atoms with Crippen LogP contribution in [0.3, 0.4) is 0 Å². The summed E-state index contributed by atoms with van der Waals surface area (Å²) in [6.45, 7) is 2.00. The van der Waals surface area contributed by atoms with E-state index in [1.165, 1.54) is 18.2 Å². The number of hydrogen-bond acceptors (Lipinski definition) is 4. The number of carbonyl (C=O) groups is 2. The maximum absolute atomic E-state index is 12.5. The molecule has 8 heteroatoms. The average molecular weight is 382 g/mol. The van der Waals surface area contributed by atoms with Crippen molar-refractivity contribution in [1.29, 1.82) is 0 Å². The number of methoxy groups -OCH3 is 1. The predicted molar refractivity (Wildman–Crippen MR) is 97.5 cm³/mol. The fourth-order valence-electron chi connectivity index (χ4n) is 2.11. The van der Waals surface area contributed by atoms with E-state index in [-0.39, 0.29) is 12.5 Å². The van der Waals surface area contributed by atoms with E-state index in [2.05, 4.69) is 10.3 Å². The van der Waals surface area contributed by atoms with E-state index in [0.717, 1.165) is 0 Å². The molecule has 0 aliphatic carbocycles. The predicted octanol–water partition coefficient (Wildman–Crippen LogP) is 3.50. The van der Waals surface area contributed by atoms with Crippen LogP contribution >= 0.6 is 23.2 Å².